The highest BCUT2D eigenvalue weighted by atomic mass is 16.3. The first-order valence-corrected chi connectivity index (χ1v) is 4.41. The Balaban J connectivity index is 1.78. The minimum absolute atomic E-state index is 0.677. The Labute approximate surface area is 81.8 Å². The van der Waals surface area contributed by atoms with E-state index in [2.05, 4.69) is 15.4 Å². The quantitative estimate of drug-likeness (QED) is 0.774. The number of aryl methyl sites for hydroxylation is 1. The molecule has 0 aromatic carbocycles. The van der Waals surface area contributed by atoms with Crippen molar-refractivity contribution < 1.29 is 4.42 Å². The van der Waals surface area contributed by atoms with E-state index >= 15 is 0 Å². The van der Waals surface area contributed by atoms with Gasteiger partial charge >= 0.3 is 0 Å². The van der Waals surface area contributed by atoms with Gasteiger partial charge in [-0.2, -0.15) is 5.10 Å². The van der Waals surface area contributed by atoms with Crippen molar-refractivity contribution in [2.24, 2.45) is 7.05 Å². The van der Waals surface area contributed by atoms with Crippen LogP contribution in [-0.2, 0) is 20.1 Å². The summed E-state index contributed by atoms with van der Waals surface area (Å²) in [5.74, 6) is 0.834. The second-order valence-corrected chi connectivity index (χ2v) is 3.05. The third-order valence-electron chi connectivity index (χ3n) is 1.86. The topological polar surface area (TPSA) is 55.9 Å². The predicted molar refractivity (Wildman–Crippen MR) is 50.3 cm³/mol. The summed E-state index contributed by atoms with van der Waals surface area (Å²) in [5, 5.41) is 7.45. The minimum atomic E-state index is 0.677. The summed E-state index contributed by atoms with van der Waals surface area (Å²) in [5.41, 5.74) is 1.02. The van der Waals surface area contributed by atoms with E-state index in [4.69, 9.17) is 4.42 Å². The van der Waals surface area contributed by atoms with E-state index in [0.29, 0.717) is 6.54 Å². The average Bonchev–Trinajstić information content (AvgIpc) is 2.77. The van der Waals surface area contributed by atoms with Crippen LogP contribution >= 0.6 is 0 Å². The normalized spacial score (nSPS) is 10.6. The SMILES string of the molecule is Cn1ccc(CNCc2cnco2)n1. The van der Waals surface area contributed by atoms with E-state index in [0.717, 1.165) is 18.0 Å². The fraction of sp³-hybridized carbons (Fsp3) is 0.333. The van der Waals surface area contributed by atoms with Crippen molar-refractivity contribution in [3.8, 4) is 0 Å². The maximum absolute atomic E-state index is 5.08. The molecule has 14 heavy (non-hydrogen) atoms. The highest BCUT2D eigenvalue weighted by Gasteiger charge is 1.98. The minimum Gasteiger partial charge on any atom is -0.447 e. The van der Waals surface area contributed by atoms with E-state index in [1.54, 1.807) is 10.9 Å². The number of nitrogens with zero attached hydrogens (tertiary/aromatic N) is 3. The molecular formula is C9H12N4O. The van der Waals surface area contributed by atoms with Gasteiger partial charge in [0.15, 0.2) is 6.39 Å². The van der Waals surface area contributed by atoms with Crippen LogP contribution in [0.3, 0.4) is 0 Å². The van der Waals surface area contributed by atoms with Gasteiger partial charge in [0, 0.05) is 19.8 Å². The molecule has 2 aromatic rings. The van der Waals surface area contributed by atoms with Crippen LogP contribution < -0.4 is 5.32 Å². The van der Waals surface area contributed by atoms with Crippen molar-refractivity contribution >= 4 is 0 Å². The Hall–Kier alpha value is -1.62. The molecule has 2 rings (SSSR count). The van der Waals surface area contributed by atoms with Crippen molar-refractivity contribution in [1.82, 2.24) is 20.1 Å². The van der Waals surface area contributed by atoms with Gasteiger partial charge < -0.3 is 9.73 Å². The maximum Gasteiger partial charge on any atom is 0.180 e. The summed E-state index contributed by atoms with van der Waals surface area (Å²) < 4.78 is 6.86. The number of oxazole rings is 1. The lowest BCUT2D eigenvalue weighted by molar-refractivity contribution is 0.477. The van der Waals surface area contributed by atoms with Gasteiger partial charge in [-0.05, 0) is 6.07 Å². The fourth-order valence-corrected chi connectivity index (χ4v) is 1.20. The van der Waals surface area contributed by atoms with Gasteiger partial charge in [0.05, 0.1) is 18.4 Å². The molecule has 0 fully saturated rings. The second kappa shape index (κ2) is 4.06. The highest BCUT2D eigenvalue weighted by Crippen LogP contribution is 1.97. The van der Waals surface area contributed by atoms with Crippen molar-refractivity contribution in [2.75, 3.05) is 0 Å². The first-order valence-electron chi connectivity index (χ1n) is 4.41. The number of rotatable bonds is 4. The third kappa shape index (κ3) is 2.20. The van der Waals surface area contributed by atoms with E-state index in [1.165, 1.54) is 6.39 Å². The van der Waals surface area contributed by atoms with E-state index in [1.807, 2.05) is 19.3 Å². The molecular weight excluding hydrogens is 180 g/mol. The summed E-state index contributed by atoms with van der Waals surface area (Å²) in [6.07, 6.45) is 5.05. The van der Waals surface area contributed by atoms with Crippen LogP contribution in [0.1, 0.15) is 11.5 Å². The molecule has 5 heteroatoms. The molecule has 0 aliphatic heterocycles. The van der Waals surface area contributed by atoms with Crippen LogP contribution in [0.4, 0.5) is 0 Å². The van der Waals surface area contributed by atoms with Crippen molar-refractivity contribution in [3.63, 3.8) is 0 Å². The molecule has 0 saturated heterocycles. The van der Waals surface area contributed by atoms with E-state index in [9.17, 15) is 0 Å². The summed E-state index contributed by atoms with van der Waals surface area (Å²) >= 11 is 0. The van der Waals surface area contributed by atoms with Crippen molar-refractivity contribution in [3.05, 3.63) is 36.3 Å². The van der Waals surface area contributed by atoms with Crippen LogP contribution in [-0.4, -0.2) is 14.8 Å². The molecule has 2 aromatic heterocycles. The largest absolute Gasteiger partial charge is 0.447 e. The van der Waals surface area contributed by atoms with Gasteiger partial charge in [0.1, 0.15) is 5.76 Å². The molecule has 2 heterocycles. The number of hydrogen-bond acceptors (Lipinski definition) is 4. The van der Waals surface area contributed by atoms with Crippen molar-refractivity contribution in [1.29, 1.82) is 0 Å². The number of nitrogens with one attached hydrogen (secondary N) is 1. The van der Waals surface area contributed by atoms with E-state index in [-0.39, 0.29) is 0 Å². The average molecular weight is 192 g/mol. The summed E-state index contributed by atoms with van der Waals surface area (Å²) in [7, 11) is 1.90. The van der Waals surface area contributed by atoms with Gasteiger partial charge in [-0.15, -0.1) is 0 Å². The van der Waals surface area contributed by atoms with E-state index < -0.39 is 0 Å². The Morgan fingerprint density at radius 3 is 3.07 bits per heavy atom. The second-order valence-electron chi connectivity index (χ2n) is 3.05. The number of hydrogen-bond donors (Lipinski definition) is 1. The lowest BCUT2D eigenvalue weighted by Gasteiger charge is -1.98. The monoisotopic (exact) mass is 192 g/mol. The standard InChI is InChI=1S/C9H12N4O/c1-13-3-2-8(12-13)4-10-5-9-6-11-7-14-9/h2-3,6-7,10H,4-5H2,1H3. The summed E-state index contributed by atoms with van der Waals surface area (Å²) in [6.45, 7) is 1.41. The van der Waals surface area contributed by atoms with Gasteiger partial charge in [0.25, 0.3) is 0 Å². The maximum atomic E-state index is 5.08. The highest BCUT2D eigenvalue weighted by molar-refractivity contribution is 4.98. The summed E-state index contributed by atoms with van der Waals surface area (Å²) in [6, 6.07) is 1.98. The molecule has 0 bridgehead atoms. The number of aromatic nitrogens is 3. The Bertz CT molecular complexity index is 379. The smallest absolute Gasteiger partial charge is 0.180 e. The van der Waals surface area contributed by atoms with Crippen LogP contribution in [0, 0.1) is 0 Å². The molecule has 0 aliphatic carbocycles. The molecule has 0 spiro atoms. The molecule has 1 N–H and O–H groups in total. The molecule has 0 radical (unpaired) electrons. The molecule has 0 atom stereocenters. The lowest BCUT2D eigenvalue weighted by atomic mass is 10.4. The summed E-state index contributed by atoms with van der Waals surface area (Å²) in [4.78, 5) is 3.83. The molecule has 74 valence electrons. The van der Waals surface area contributed by atoms with Gasteiger partial charge in [-0.1, -0.05) is 0 Å². The Morgan fingerprint density at radius 2 is 2.43 bits per heavy atom. The first kappa shape index (κ1) is 8.96. The zero-order valence-corrected chi connectivity index (χ0v) is 7.97. The van der Waals surface area contributed by atoms with Gasteiger partial charge in [-0.25, -0.2) is 4.98 Å². The van der Waals surface area contributed by atoms with Crippen LogP contribution in [0.2, 0.25) is 0 Å². The molecule has 0 unspecified atom stereocenters. The zero-order valence-electron chi connectivity index (χ0n) is 7.97. The zero-order chi connectivity index (χ0) is 9.80. The molecule has 5 nitrogen and oxygen atoms in total. The Morgan fingerprint density at radius 1 is 1.50 bits per heavy atom. The van der Waals surface area contributed by atoms with Crippen LogP contribution in [0.25, 0.3) is 0 Å². The molecule has 0 saturated carbocycles. The van der Waals surface area contributed by atoms with Crippen molar-refractivity contribution in [2.45, 2.75) is 13.1 Å². The lowest BCUT2D eigenvalue weighted by Crippen LogP contribution is -2.12. The van der Waals surface area contributed by atoms with Gasteiger partial charge in [0.2, 0.25) is 0 Å². The fourth-order valence-electron chi connectivity index (χ4n) is 1.20. The van der Waals surface area contributed by atoms with Crippen LogP contribution in [0.5, 0.6) is 0 Å². The van der Waals surface area contributed by atoms with Crippen LogP contribution in [0.15, 0.2) is 29.3 Å². The third-order valence-corrected chi connectivity index (χ3v) is 1.86. The van der Waals surface area contributed by atoms with Gasteiger partial charge in [-0.3, -0.25) is 4.68 Å². The molecule has 0 amide bonds. The Kier molecular flexibility index (Phi) is 2.60. The molecule has 0 aliphatic rings. The predicted octanol–water partition coefficient (Wildman–Crippen LogP) is 0.698. The first-order chi connectivity index (χ1) is 6.84.